The molecule has 4 nitrogen and oxygen atoms in total. The maximum atomic E-state index is 12.3. The molecule has 2 bridgehead atoms. The molecule has 1 N–H and O–H groups in total. The zero-order chi connectivity index (χ0) is 16.7. The largest absolute Gasteiger partial charge is 0.353 e. The predicted octanol–water partition coefficient (Wildman–Crippen LogP) is 3.61. The van der Waals surface area contributed by atoms with Crippen molar-refractivity contribution in [3.8, 4) is 0 Å². The Morgan fingerprint density at radius 1 is 1.38 bits per heavy atom. The number of aryl methyl sites for hydroxylation is 1. The van der Waals surface area contributed by atoms with Crippen molar-refractivity contribution in [2.45, 2.75) is 43.8 Å². The van der Waals surface area contributed by atoms with Crippen LogP contribution in [-0.4, -0.2) is 27.3 Å². The number of hydrogen-bond donors (Lipinski definition) is 1. The summed E-state index contributed by atoms with van der Waals surface area (Å²) in [6.45, 7) is 2.18. The van der Waals surface area contributed by atoms with Crippen LogP contribution in [-0.2, 0) is 11.8 Å². The van der Waals surface area contributed by atoms with E-state index in [1.54, 1.807) is 0 Å². The summed E-state index contributed by atoms with van der Waals surface area (Å²) in [7, 11) is 2.01. The lowest BCUT2D eigenvalue weighted by molar-refractivity contribution is -0.119. The van der Waals surface area contributed by atoms with Gasteiger partial charge in [-0.15, -0.1) is 0 Å². The molecule has 2 aliphatic rings. The fourth-order valence-corrected chi connectivity index (χ4v) is 5.49. The van der Waals surface area contributed by atoms with Crippen molar-refractivity contribution >= 4 is 28.7 Å². The van der Waals surface area contributed by atoms with E-state index in [2.05, 4.69) is 27.9 Å². The summed E-state index contributed by atoms with van der Waals surface area (Å²) in [5.74, 6) is 3.02. The summed E-state index contributed by atoms with van der Waals surface area (Å²) < 4.78 is 2.06. The summed E-state index contributed by atoms with van der Waals surface area (Å²) in [5.41, 5.74) is 2.09. The molecule has 1 heterocycles. The number of nitrogens with zero attached hydrogens (tertiary/aromatic N) is 2. The van der Waals surface area contributed by atoms with E-state index < -0.39 is 0 Å². The first-order chi connectivity index (χ1) is 11.6. The molecule has 0 saturated heterocycles. The number of fused-ring (bicyclic) bond motifs is 3. The first kappa shape index (κ1) is 16.0. The van der Waals surface area contributed by atoms with Crippen LogP contribution in [0.15, 0.2) is 29.4 Å². The van der Waals surface area contributed by atoms with Crippen LogP contribution in [0, 0.1) is 17.8 Å². The number of carbonyl (C=O) groups excluding carboxylic acids is 1. The van der Waals surface area contributed by atoms with E-state index in [9.17, 15) is 4.79 Å². The number of hydrogen-bond acceptors (Lipinski definition) is 3. The maximum absolute atomic E-state index is 12.3. The van der Waals surface area contributed by atoms with Crippen molar-refractivity contribution in [1.29, 1.82) is 0 Å². The van der Waals surface area contributed by atoms with Crippen molar-refractivity contribution in [2.75, 3.05) is 5.75 Å². The molecule has 1 amide bonds. The fraction of sp³-hybridized carbons (Fsp3) is 0.579. The van der Waals surface area contributed by atoms with Crippen LogP contribution in [0.5, 0.6) is 0 Å². The summed E-state index contributed by atoms with van der Waals surface area (Å²) >= 11 is 1.52. The second-order valence-corrected chi connectivity index (χ2v) is 8.37. The molecule has 4 unspecified atom stereocenters. The topological polar surface area (TPSA) is 46.9 Å². The Hall–Kier alpha value is -1.49. The number of imidazole rings is 1. The van der Waals surface area contributed by atoms with Gasteiger partial charge in [0.1, 0.15) is 0 Å². The van der Waals surface area contributed by atoms with Gasteiger partial charge in [-0.2, -0.15) is 0 Å². The molecule has 0 spiro atoms. The molecule has 2 aliphatic carbocycles. The monoisotopic (exact) mass is 343 g/mol. The molecule has 4 rings (SSSR count). The van der Waals surface area contributed by atoms with E-state index in [0.717, 1.165) is 28.0 Å². The van der Waals surface area contributed by atoms with Crippen LogP contribution in [0.1, 0.15) is 32.6 Å². The number of carbonyl (C=O) groups is 1. The van der Waals surface area contributed by atoms with Crippen molar-refractivity contribution in [1.82, 2.24) is 14.9 Å². The Morgan fingerprint density at radius 2 is 2.21 bits per heavy atom. The summed E-state index contributed by atoms with van der Waals surface area (Å²) in [4.78, 5) is 17.0. The number of thioether (sulfide) groups is 1. The van der Waals surface area contributed by atoms with Gasteiger partial charge in [-0.3, -0.25) is 4.79 Å². The van der Waals surface area contributed by atoms with Crippen LogP contribution in [0.25, 0.3) is 11.0 Å². The molecule has 2 aromatic rings. The molecule has 24 heavy (non-hydrogen) atoms. The van der Waals surface area contributed by atoms with Gasteiger partial charge in [0, 0.05) is 13.1 Å². The quantitative estimate of drug-likeness (QED) is 0.844. The molecule has 1 aromatic heterocycles. The Balaban J connectivity index is 1.33. The van der Waals surface area contributed by atoms with Crippen LogP contribution < -0.4 is 5.32 Å². The standard InChI is InChI=1S/C19H25N3OS/c1-12(15-10-13-7-8-14(15)9-13)20-18(23)11-24-19-21-16-5-3-4-6-17(16)22(19)2/h3-6,12-15H,7-11H2,1-2H3,(H,20,23). The average Bonchev–Trinajstić information content (AvgIpc) is 3.28. The van der Waals surface area contributed by atoms with Crippen LogP contribution in [0.3, 0.4) is 0 Å². The van der Waals surface area contributed by atoms with Gasteiger partial charge in [0.2, 0.25) is 5.91 Å². The average molecular weight is 343 g/mol. The summed E-state index contributed by atoms with van der Waals surface area (Å²) in [6, 6.07) is 8.38. The van der Waals surface area contributed by atoms with E-state index >= 15 is 0 Å². The third-order valence-electron chi connectivity index (χ3n) is 5.90. The molecular weight excluding hydrogens is 318 g/mol. The molecule has 0 aliphatic heterocycles. The minimum absolute atomic E-state index is 0.127. The van der Waals surface area contributed by atoms with Gasteiger partial charge in [-0.1, -0.05) is 30.3 Å². The number of aromatic nitrogens is 2. The summed E-state index contributed by atoms with van der Waals surface area (Å²) in [5, 5.41) is 4.14. The highest BCUT2D eigenvalue weighted by molar-refractivity contribution is 7.99. The third-order valence-corrected chi connectivity index (χ3v) is 6.93. The molecule has 128 valence electrons. The second-order valence-electron chi connectivity index (χ2n) is 7.43. The smallest absolute Gasteiger partial charge is 0.230 e. The lowest BCUT2D eigenvalue weighted by Gasteiger charge is -2.28. The molecule has 1 aromatic carbocycles. The van der Waals surface area contributed by atoms with Gasteiger partial charge in [0.25, 0.3) is 0 Å². The summed E-state index contributed by atoms with van der Waals surface area (Å²) in [6.07, 6.45) is 5.47. The van der Waals surface area contributed by atoms with E-state index in [0.29, 0.717) is 17.7 Å². The Morgan fingerprint density at radius 3 is 2.92 bits per heavy atom. The van der Waals surface area contributed by atoms with Gasteiger partial charge < -0.3 is 9.88 Å². The van der Waals surface area contributed by atoms with E-state index in [1.807, 2.05) is 25.2 Å². The van der Waals surface area contributed by atoms with Crippen LogP contribution in [0.2, 0.25) is 0 Å². The Labute approximate surface area is 147 Å². The van der Waals surface area contributed by atoms with Crippen LogP contribution in [0.4, 0.5) is 0 Å². The van der Waals surface area contributed by atoms with Crippen molar-refractivity contribution in [3.63, 3.8) is 0 Å². The Kier molecular flexibility index (Phi) is 4.29. The van der Waals surface area contributed by atoms with E-state index in [4.69, 9.17) is 0 Å². The number of amides is 1. The first-order valence-corrected chi connectivity index (χ1v) is 9.94. The SMILES string of the molecule is CC(NC(=O)CSc1nc2ccccc2n1C)C1CC2CCC1C2. The van der Waals surface area contributed by atoms with Crippen molar-refractivity contribution < 1.29 is 4.79 Å². The predicted molar refractivity (Wildman–Crippen MR) is 98.0 cm³/mol. The van der Waals surface area contributed by atoms with Crippen molar-refractivity contribution in [2.24, 2.45) is 24.8 Å². The zero-order valence-electron chi connectivity index (χ0n) is 14.4. The minimum Gasteiger partial charge on any atom is -0.353 e. The highest BCUT2D eigenvalue weighted by Crippen LogP contribution is 2.49. The minimum atomic E-state index is 0.127. The third kappa shape index (κ3) is 2.94. The lowest BCUT2D eigenvalue weighted by Crippen LogP contribution is -2.40. The van der Waals surface area contributed by atoms with Crippen molar-refractivity contribution in [3.05, 3.63) is 24.3 Å². The highest BCUT2D eigenvalue weighted by Gasteiger charge is 2.42. The number of rotatable bonds is 5. The van der Waals surface area contributed by atoms with E-state index in [-0.39, 0.29) is 5.91 Å². The lowest BCUT2D eigenvalue weighted by atomic mass is 9.84. The van der Waals surface area contributed by atoms with Crippen LogP contribution >= 0.6 is 11.8 Å². The Bertz CT molecular complexity index is 756. The highest BCUT2D eigenvalue weighted by atomic mass is 32.2. The molecule has 2 fully saturated rings. The normalized spacial score (nSPS) is 26.8. The second kappa shape index (κ2) is 6.43. The molecule has 2 saturated carbocycles. The molecule has 4 atom stereocenters. The number of nitrogens with one attached hydrogen (secondary N) is 1. The first-order valence-electron chi connectivity index (χ1n) is 8.95. The van der Waals surface area contributed by atoms with Gasteiger partial charge in [-0.25, -0.2) is 4.98 Å². The number of benzene rings is 1. The molecular formula is C19H25N3OS. The maximum Gasteiger partial charge on any atom is 0.230 e. The zero-order valence-corrected chi connectivity index (χ0v) is 15.2. The molecule has 5 heteroatoms. The van der Waals surface area contributed by atoms with Gasteiger partial charge in [-0.05, 0) is 56.1 Å². The van der Waals surface area contributed by atoms with Gasteiger partial charge in [0.05, 0.1) is 16.8 Å². The fourth-order valence-electron chi connectivity index (χ4n) is 4.69. The molecule has 0 radical (unpaired) electrons. The van der Waals surface area contributed by atoms with Gasteiger partial charge >= 0.3 is 0 Å². The number of para-hydroxylation sites is 2. The van der Waals surface area contributed by atoms with Gasteiger partial charge in [0.15, 0.2) is 5.16 Å². The van der Waals surface area contributed by atoms with E-state index in [1.165, 1.54) is 37.4 Å².